The standard InChI is InChI=1S/C42H70N4O5/c1-27(2)36(51-38(48)46-18-8-19-46)32-11-9-30-33(49-32)25-31-29-10-12-34-39(5,6)35(13-14-42(34)26-41(29,42)16-15-40(30,31)7)50-37(47)43-17-20-44-21-23-45(24-22-44)28(3)4/h27-36H,8-26H2,1-7H3,(H,43,47). The number of nitrogens with one attached hydrogen (secondary N) is 1. The summed E-state index contributed by atoms with van der Waals surface area (Å²) in [7, 11) is 0. The van der Waals surface area contributed by atoms with E-state index in [1.807, 2.05) is 4.90 Å². The summed E-state index contributed by atoms with van der Waals surface area (Å²) in [6.07, 6.45) is 13.0. The van der Waals surface area contributed by atoms with Crippen LogP contribution in [-0.2, 0) is 14.2 Å². The molecule has 51 heavy (non-hydrogen) atoms. The van der Waals surface area contributed by atoms with Crippen molar-refractivity contribution >= 4 is 12.2 Å². The van der Waals surface area contributed by atoms with Gasteiger partial charge in [-0.25, -0.2) is 9.59 Å². The quantitative estimate of drug-likeness (QED) is 0.286. The first-order valence-corrected chi connectivity index (χ1v) is 21.3. The third-order valence-electron chi connectivity index (χ3n) is 17.0. The van der Waals surface area contributed by atoms with Gasteiger partial charge in [0.2, 0.25) is 0 Å². The summed E-state index contributed by atoms with van der Waals surface area (Å²) < 4.78 is 19.5. The Morgan fingerprint density at radius 3 is 2.27 bits per heavy atom. The van der Waals surface area contributed by atoms with Gasteiger partial charge in [-0.2, -0.15) is 0 Å². The zero-order chi connectivity index (χ0) is 35.9. The lowest BCUT2D eigenvalue weighted by Crippen LogP contribution is -2.55. The topological polar surface area (TPSA) is 83.6 Å². The molecule has 3 aliphatic heterocycles. The van der Waals surface area contributed by atoms with Crippen LogP contribution in [0.1, 0.15) is 119 Å². The van der Waals surface area contributed by atoms with Crippen LogP contribution in [0.5, 0.6) is 0 Å². The van der Waals surface area contributed by atoms with Crippen molar-refractivity contribution in [1.82, 2.24) is 20.0 Å². The number of carbonyl (C=O) groups is 2. The molecule has 11 atom stereocenters. The highest BCUT2D eigenvalue weighted by atomic mass is 16.6. The molecule has 5 saturated carbocycles. The van der Waals surface area contributed by atoms with Crippen molar-refractivity contribution in [1.29, 1.82) is 0 Å². The lowest BCUT2D eigenvalue weighted by Gasteiger charge is -2.59. The van der Waals surface area contributed by atoms with Gasteiger partial charge in [-0.15, -0.1) is 0 Å². The zero-order valence-corrected chi connectivity index (χ0v) is 33.1. The predicted octanol–water partition coefficient (Wildman–Crippen LogP) is 7.18. The smallest absolute Gasteiger partial charge is 0.410 e. The normalized spacial score (nSPS) is 43.5. The van der Waals surface area contributed by atoms with Crippen LogP contribution in [0, 0.1) is 51.2 Å². The van der Waals surface area contributed by atoms with Crippen LogP contribution in [0.15, 0.2) is 0 Å². The second-order valence-corrected chi connectivity index (χ2v) is 20.1. The maximum Gasteiger partial charge on any atom is 0.410 e. The molecule has 1 N–H and O–H groups in total. The SMILES string of the molecule is CC(C)C(OC(=O)N1CCC1)C1CCC2C(CC3C4CCC5C(C)(C)C(OC(=O)NCCN6CCN(C(C)C)CC6)CCC56CC46CCC23C)O1. The zero-order valence-electron chi connectivity index (χ0n) is 33.1. The van der Waals surface area contributed by atoms with Gasteiger partial charge in [-0.05, 0) is 130 Å². The molecule has 2 amide bonds. The van der Waals surface area contributed by atoms with Gasteiger partial charge in [-0.1, -0.05) is 34.6 Å². The molecule has 0 aromatic heterocycles. The summed E-state index contributed by atoms with van der Waals surface area (Å²) in [6, 6.07) is 0.602. The number of fused-ring (bicyclic) bond motifs is 4. The van der Waals surface area contributed by atoms with Gasteiger partial charge in [-0.3, -0.25) is 9.80 Å². The van der Waals surface area contributed by atoms with Gasteiger partial charge < -0.3 is 24.4 Å². The van der Waals surface area contributed by atoms with E-state index in [0.29, 0.717) is 40.7 Å². The van der Waals surface area contributed by atoms with Crippen LogP contribution in [0.25, 0.3) is 0 Å². The van der Waals surface area contributed by atoms with Gasteiger partial charge in [0, 0.05) is 63.8 Å². The third kappa shape index (κ3) is 5.95. The maximum absolute atomic E-state index is 13.1. The van der Waals surface area contributed by atoms with E-state index >= 15 is 0 Å². The molecule has 8 rings (SSSR count). The molecule has 2 spiro atoms. The first kappa shape index (κ1) is 36.4. The van der Waals surface area contributed by atoms with Crippen LogP contribution in [0.2, 0.25) is 0 Å². The van der Waals surface area contributed by atoms with Crippen molar-refractivity contribution in [2.45, 2.75) is 150 Å². The van der Waals surface area contributed by atoms with Crippen LogP contribution < -0.4 is 5.32 Å². The highest BCUT2D eigenvalue weighted by Crippen LogP contribution is 2.87. The summed E-state index contributed by atoms with van der Waals surface area (Å²) in [5.74, 6) is 2.98. The monoisotopic (exact) mass is 711 g/mol. The largest absolute Gasteiger partial charge is 0.446 e. The summed E-state index contributed by atoms with van der Waals surface area (Å²) >= 11 is 0. The van der Waals surface area contributed by atoms with Crippen molar-refractivity contribution in [3.63, 3.8) is 0 Å². The fourth-order valence-corrected chi connectivity index (χ4v) is 14.0. The number of nitrogens with zero attached hydrogens (tertiary/aromatic N) is 3. The number of likely N-dealkylation sites (tertiary alicyclic amines) is 1. The van der Waals surface area contributed by atoms with Crippen LogP contribution in [0.4, 0.5) is 9.59 Å². The molecule has 5 aliphatic carbocycles. The second kappa shape index (κ2) is 13.3. The Bertz CT molecular complexity index is 1310. The summed E-state index contributed by atoms with van der Waals surface area (Å²) in [6.45, 7) is 23.9. The molecule has 0 bridgehead atoms. The van der Waals surface area contributed by atoms with Crippen molar-refractivity contribution in [2.75, 3.05) is 52.4 Å². The predicted molar refractivity (Wildman–Crippen MR) is 198 cm³/mol. The Labute approximate surface area is 308 Å². The highest BCUT2D eigenvalue weighted by Gasteiger charge is 2.81. The van der Waals surface area contributed by atoms with E-state index in [0.717, 1.165) is 76.9 Å². The molecule has 8 fully saturated rings. The Kier molecular flexibility index (Phi) is 9.50. The minimum atomic E-state index is -0.223. The number of ether oxygens (including phenoxy) is 3. The van der Waals surface area contributed by atoms with Crippen molar-refractivity contribution in [3.05, 3.63) is 0 Å². The molecule has 288 valence electrons. The Balaban J connectivity index is 0.877. The molecule has 3 heterocycles. The van der Waals surface area contributed by atoms with E-state index in [1.165, 1.54) is 51.4 Å². The number of hydrogen-bond donors (Lipinski definition) is 1. The van der Waals surface area contributed by atoms with E-state index in [1.54, 1.807) is 0 Å². The van der Waals surface area contributed by atoms with Crippen molar-refractivity contribution in [3.8, 4) is 0 Å². The van der Waals surface area contributed by atoms with Crippen LogP contribution in [-0.4, -0.2) is 110 Å². The molecule has 9 nitrogen and oxygen atoms in total. The number of hydrogen-bond acceptors (Lipinski definition) is 7. The number of alkyl carbamates (subject to hydrolysis) is 1. The number of carbonyl (C=O) groups excluding carboxylic acids is 2. The maximum atomic E-state index is 13.1. The van der Waals surface area contributed by atoms with Gasteiger partial charge in [0.15, 0.2) is 0 Å². The average Bonchev–Trinajstić information content (AvgIpc) is 3.64. The Morgan fingerprint density at radius 1 is 0.843 bits per heavy atom. The molecular formula is C42H70N4O5. The Morgan fingerprint density at radius 2 is 1.59 bits per heavy atom. The van der Waals surface area contributed by atoms with E-state index in [2.05, 4.69) is 63.6 Å². The summed E-state index contributed by atoms with van der Waals surface area (Å²) in [5.41, 5.74) is 1.21. The summed E-state index contributed by atoms with van der Waals surface area (Å²) in [5, 5.41) is 3.12. The Hall–Kier alpha value is -1.58. The number of amides is 2. The average molecular weight is 711 g/mol. The minimum absolute atomic E-state index is 0.00548. The van der Waals surface area contributed by atoms with Crippen LogP contribution >= 0.6 is 0 Å². The van der Waals surface area contributed by atoms with E-state index in [-0.39, 0.29) is 47.9 Å². The van der Waals surface area contributed by atoms with Crippen molar-refractivity contribution < 1.29 is 23.8 Å². The van der Waals surface area contributed by atoms with Crippen molar-refractivity contribution in [2.24, 2.45) is 51.2 Å². The van der Waals surface area contributed by atoms with Gasteiger partial charge in [0.25, 0.3) is 0 Å². The minimum Gasteiger partial charge on any atom is -0.446 e. The molecule has 9 heteroatoms. The number of rotatable bonds is 8. The van der Waals surface area contributed by atoms with Gasteiger partial charge in [0.05, 0.1) is 12.2 Å². The van der Waals surface area contributed by atoms with Crippen LogP contribution in [0.3, 0.4) is 0 Å². The molecular weight excluding hydrogens is 640 g/mol. The molecule has 0 aromatic carbocycles. The highest BCUT2D eigenvalue weighted by molar-refractivity contribution is 5.68. The lowest BCUT2D eigenvalue weighted by molar-refractivity contribution is -0.151. The fraction of sp³-hybridized carbons (Fsp3) is 0.952. The second-order valence-electron chi connectivity index (χ2n) is 20.1. The molecule has 3 saturated heterocycles. The molecule has 11 unspecified atom stereocenters. The van der Waals surface area contributed by atoms with E-state index in [4.69, 9.17) is 14.2 Å². The van der Waals surface area contributed by atoms with E-state index < -0.39 is 0 Å². The number of piperazine rings is 1. The third-order valence-corrected chi connectivity index (χ3v) is 17.0. The molecule has 0 radical (unpaired) electrons. The first-order valence-electron chi connectivity index (χ1n) is 21.3. The lowest BCUT2D eigenvalue weighted by atomic mass is 9.46. The van der Waals surface area contributed by atoms with Gasteiger partial charge >= 0.3 is 12.2 Å². The summed E-state index contributed by atoms with van der Waals surface area (Å²) in [4.78, 5) is 32.8. The van der Waals surface area contributed by atoms with Gasteiger partial charge in [0.1, 0.15) is 12.2 Å². The molecule has 0 aromatic rings. The van der Waals surface area contributed by atoms with E-state index in [9.17, 15) is 9.59 Å². The molecule has 8 aliphatic rings. The first-order chi connectivity index (χ1) is 24.3. The fourth-order valence-electron chi connectivity index (χ4n) is 14.0.